The van der Waals surface area contributed by atoms with Crippen molar-refractivity contribution in [3.63, 3.8) is 0 Å². The summed E-state index contributed by atoms with van der Waals surface area (Å²) in [6.07, 6.45) is 2.95. The zero-order chi connectivity index (χ0) is 17.5. The van der Waals surface area contributed by atoms with Crippen LogP contribution in [0.4, 0.5) is 17.3 Å². The Morgan fingerprint density at radius 3 is 2.54 bits per heavy atom. The molecule has 0 aliphatic rings. The monoisotopic (exact) mass is 328 g/mol. The summed E-state index contributed by atoms with van der Waals surface area (Å²) in [6.45, 7) is 10.5. The minimum atomic E-state index is -0.115. The summed E-state index contributed by atoms with van der Waals surface area (Å²) in [4.78, 5) is 21.4. The highest BCUT2D eigenvalue weighted by atomic mass is 16.1. The first-order valence-corrected chi connectivity index (χ1v) is 8.80. The second-order valence-corrected chi connectivity index (χ2v) is 5.99. The van der Waals surface area contributed by atoms with Crippen LogP contribution in [-0.2, 0) is 6.42 Å². The van der Waals surface area contributed by atoms with Crippen molar-refractivity contribution in [1.29, 1.82) is 0 Å². The third kappa shape index (κ3) is 4.60. The van der Waals surface area contributed by atoms with Gasteiger partial charge in [0.25, 0.3) is 5.56 Å². The molecule has 24 heavy (non-hydrogen) atoms. The number of hydrogen-bond acceptors (Lipinski definition) is 4. The molecule has 2 aromatic rings. The Morgan fingerprint density at radius 1 is 1.17 bits per heavy atom. The van der Waals surface area contributed by atoms with Gasteiger partial charge in [-0.15, -0.1) is 0 Å². The maximum absolute atomic E-state index is 11.8. The molecular weight excluding hydrogens is 300 g/mol. The van der Waals surface area contributed by atoms with Gasteiger partial charge in [-0.2, -0.15) is 0 Å². The second kappa shape index (κ2) is 8.52. The number of aromatic nitrogens is 2. The van der Waals surface area contributed by atoms with Gasteiger partial charge in [0.05, 0.1) is 0 Å². The van der Waals surface area contributed by atoms with Gasteiger partial charge in [-0.05, 0) is 57.4 Å². The molecule has 0 radical (unpaired) electrons. The van der Waals surface area contributed by atoms with Crippen LogP contribution in [0.15, 0.2) is 29.1 Å². The number of aryl methyl sites for hydroxylation is 2. The molecule has 2 N–H and O–H groups in total. The molecule has 0 saturated heterocycles. The van der Waals surface area contributed by atoms with E-state index in [1.807, 2.05) is 6.07 Å². The molecule has 1 aromatic carbocycles. The molecule has 5 heteroatoms. The van der Waals surface area contributed by atoms with Crippen LogP contribution in [0.25, 0.3) is 0 Å². The highest BCUT2D eigenvalue weighted by Gasteiger charge is 2.07. The van der Waals surface area contributed by atoms with E-state index >= 15 is 0 Å². The van der Waals surface area contributed by atoms with Gasteiger partial charge in [0, 0.05) is 36.2 Å². The topological polar surface area (TPSA) is 61.0 Å². The van der Waals surface area contributed by atoms with Gasteiger partial charge < -0.3 is 10.2 Å². The van der Waals surface area contributed by atoms with Crippen molar-refractivity contribution in [1.82, 2.24) is 9.97 Å². The summed E-state index contributed by atoms with van der Waals surface area (Å²) < 4.78 is 0. The lowest BCUT2D eigenvalue weighted by Gasteiger charge is -2.22. The molecular formula is C19H28N4O. The SMILES string of the molecule is CCCCc1cc(=O)[nH]c(Nc2ccc(N(CC)CC)cc2C)n1. The number of nitrogens with one attached hydrogen (secondary N) is 2. The van der Waals surface area contributed by atoms with Crippen molar-refractivity contribution in [2.75, 3.05) is 23.3 Å². The van der Waals surface area contributed by atoms with E-state index in [4.69, 9.17) is 0 Å². The standard InChI is InChI=1S/C19H28N4O/c1-5-8-9-15-13-18(24)22-19(20-15)21-17-11-10-16(12-14(17)4)23(6-2)7-3/h10-13H,5-9H2,1-4H3,(H2,20,21,22,24). The fourth-order valence-electron chi connectivity index (χ4n) is 2.75. The number of anilines is 3. The quantitative estimate of drug-likeness (QED) is 0.768. The number of unbranched alkanes of at least 4 members (excludes halogenated alkanes) is 1. The summed E-state index contributed by atoms with van der Waals surface area (Å²) >= 11 is 0. The molecule has 0 unspecified atom stereocenters. The van der Waals surface area contributed by atoms with Gasteiger partial charge in [0.15, 0.2) is 0 Å². The Kier molecular flexibility index (Phi) is 6.41. The Morgan fingerprint density at radius 2 is 1.92 bits per heavy atom. The smallest absolute Gasteiger partial charge is 0.252 e. The van der Waals surface area contributed by atoms with Gasteiger partial charge in [0.1, 0.15) is 0 Å². The van der Waals surface area contributed by atoms with Crippen LogP contribution in [0.5, 0.6) is 0 Å². The van der Waals surface area contributed by atoms with E-state index in [-0.39, 0.29) is 5.56 Å². The normalized spacial score (nSPS) is 10.7. The Balaban J connectivity index is 2.22. The molecule has 1 aromatic heterocycles. The zero-order valence-electron chi connectivity index (χ0n) is 15.1. The first-order valence-electron chi connectivity index (χ1n) is 8.80. The fraction of sp³-hybridized carbons (Fsp3) is 0.474. The highest BCUT2D eigenvalue weighted by molar-refractivity contribution is 5.64. The summed E-state index contributed by atoms with van der Waals surface area (Å²) in [5, 5.41) is 3.25. The molecule has 0 bridgehead atoms. The van der Waals surface area contributed by atoms with E-state index in [1.165, 1.54) is 5.69 Å². The van der Waals surface area contributed by atoms with Crippen LogP contribution in [0.2, 0.25) is 0 Å². The fourth-order valence-corrected chi connectivity index (χ4v) is 2.75. The van der Waals surface area contributed by atoms with Crippen molar-refractivity contribution in [2.24, 2.45) is 0 Å². The van der Waals surface area contributed by atoms with Crippen LogP contribution >= 0.6 is 0 Å². The van der Waals surface area contributed by atoms with Gasteiger partial charge in [0.2, 0.25) is 5.95 Å². The molecule has 0 saturated carbocycles. The molecule has 2 rings (SSSR count). The Hall–Kier alpha value is -2.30. The van der Waals surface area contributed by atoms with Gasteiger partial charge in [-0.3, -0.25) is 9.78 Å². The van der Waals surface area contributed by atoms with Crippen molar-refractivity contribution in [2.45, 2.75) is 47.0 Å². The van der Waals surface area contributed by atoms with Gasteiger partial charge in [-0.1, -0.05) is 13.3 Å². The molecule has 0 atom stereocenters. The molecule has 0 aliphatic carbocycles. The van der Waals surface area contributed by atoms with Crippen molar-refractivity contribution in [3.8, 4) is 0 Å². The Labute approximate surface area is 144 Å². The van der Waals surface area contributed by atoms with E-state index in [1.54, 1.807) is 6.07 Å². The average molecular weight is 328 g/mol. The van der Waals surface area contributed by atoms with Crippen LogP contribution in [0.1, 0.15) is 44.9 Å². The van der Waals surface area contributed by atoms with Crippen molar-refractivity contribution >= 4 is 17.3 Å². The maximum Gasteiger partial charge on any atom is 0.252 e. The largest absolute Gasteiger partial charge is 0.372 e. The minimum absolute atomic E-state index is 0.115. The summed E-state index contributed by atoms with van der Waals surface area (Å²) in [7, 11) is 0. The number of aromatic amines is 1. The van der Waals surface area contributed by atoms with E-state index in [9.17, 15) is 4.79 Å². The lowest BCUT2D eigenvalue weighted by molar-refractivity contribution is 0.772. The highest BCUT2D eigenvalue weighted by Crippen LogP contribution is 2.24. The first kappa shape index (κ1) is 18.0. The number of benzene rings is 1. The summed E-state index contributed by atoms with van der Waals surface area (Å²) in [6, 6.07) is 7.88. The lowest BCUT2D eigenvalue weighted by atomic mass is 10.1. The van der Waals surface area contributed by atoms with E-state index in [0.29, 0.717) is 5.95 Å². The number of nitrogens with zero attached hydrogens (tertiary/aromatic N) is 2. The van der Waals surface area contributed by atoms with E-state index < -0.39 is 0 Å². The molecule has 1 heterocycles. The second-order valence-electron chi connectivity index (χ2n) is 5.99. The summed E-state index contributed by atoms with van der Waals surface area (Å²) in [5.74, 6) is 0.507. The average Bonchev–Trinajstić information content (AvgIpc) is 2.56. The van der Waals surface area contributed by atoms with E-state index in [0.717, 1.165) is 49.3 Å². The lowest BCUT2D eigenvalue weighted by Crippen LogP contribution is -2.21. The molecule has 0 amide bonds. The van der Waals surface area contributed by atoms with Crippen LogP contribution in [0, 0.1) is 6.92 Å². The van der Waals surface area contributed by atoms with Crippen LogP contribution < -0.4 is 15.8 Å². The van der Waals surface area contributed by atoms with Crippen molar-refractivity contribution in [3.05, 3.63) is 45.9 Å². The van der Waals surface area contributed by atoms with Gasteiger partial charge in [-0.25, -0.2) is 4.98 Å². The molecule has 0 aliphatic heterocycles. The van der Waals surface area contributed by atoms with E-state index in [2.05, 4.69) is 60.0 Å². The number of H-pyrrole nitrogens is 1. The first-order chi connectivity index (χ1) is 11.6. The third-order valence-corrected chi connectivity index (χ3v) is 4.17. The molecule has 0 spiro atoms. The number of rotatable bonds is 8. The third-order valence-electron chi connectivity index (χ3n) is 4.17. The minimum Gasteiger partial charge on any atom is -0.372 e. The van der Waals surface area contributed by atoms with Crippen LogP contribution in [0.3, 0.4) is 0 Å². The van der Waals surface area contributed by atoms with Crippen molar-refractivity contribution < 1.29 is 0 Å². The molecule has 5 nitrogen and oxygen atoms in total. The maximum atomic E-state index is 11.8. The number of hydrogen-bond donors (Lipinski definition) is 2. The predicted molar refractivity (Wildman–Crippen MR) is 101 cm³/mol. The van der Waals surface area contributed by atoms with Gasteiger partial charge >= 0.3 is 0 Å². The summed E-state index contributed by atoms with van der Waals surface area (Å²) in [5.41, 5.74) is 4.01. The zero-order valence-corrected chi connectivity index (χ0v) is 15.1. The Bertz CT molecular complexity index is 720. The predicted octanol–water partition coefficient (Wildman–Crippen LogP) is 4.01. The van der Waals surface area contributed by atoms with Crippen LogP contribution in [-0.4, -0.2) is 23.1 Å². The molecule has 130 valence electrons. The molecule has 0 fully saturated rings.